The molecule has 2 N–H and O–H groups in total. The van der Waals surface area contributed by atoms with Crippen molar-refractivity contribution >= 4 is 0 Å². The Hall–Kier alpha value is -0.930. The van der Waals surface area contributed by atoms with Crippen LogP contribution >= 0.6 is 0 Å². The van der Waals surface area contributed by atoms with Gasteiger partial charge in [0.15, 0.2) is 0 Å². The van der Waals surface area contributed by atoms with Crippen LogP contribution in [0.2, 0.25) is 0 Å². The Morgan fingerprint density at radius 3 is 2.53 bits per heavy atom. The second-order valence-electron chi connectivity index (χ2n) is 5.09. The highest BCUT2D eigenvalue weighted by Crippen LogP contribution is 2.40. The first-order valence-electron chi connectivity index (χ1n) is 6.28. The van der Waals surface area contributed by atoms with Crippen LogP contribution in [0.15, 0.2) is 24.3 Å². The van der Waals surface area contributed by atoms with Gasteiger partial charge in [-0.3, -0.25) is 4.90 Å². The van der Waals surface area contributed by atoms with Crippen molar-refractivity contribution in [2.45, 2.75) is 37.8 Å². The topological polar surface area (TPSA) is 29.3 Å². The Morgan fingerprint density at radius 1 is 1.41 bits per heavy atom. The summed E-state index contributed by atoms with van der Waals surface area (Å²) in [4.78, 5) is 2.24. The zero-order chi connectivity index (χ0) is 12.5. The SMILES string of the molecule is CC(c1ccccc1F)N(C)C1(CN)CCC1. The molecular weight excluding hydrogens is 215 g/mol. The average Bonchev–Trinajstić information content (AvgIpc) is 2.28. The lowest BCUT2D eigenvalue weighted by Gasteiger charge is -2.50. The number of hydrogen-bond donors (Lipinski definition) is 1. The van der Waals surface area contributed by atoms with Gasteiger partial charge in [-0.15, -0.1) is 0 Å². The summed E-state index contributed by atoms with van der Waals surface area (Å²) in [6.45, 7) is 2.70. The Bertz CT molecular complexity index is 382. The molecule has 0 amide bonds. The maximum Gasteiger partial charge on any atom is 0.127 e. The molecule has 0 aliphatic heterocycles. The molecule has 0 aromatic heterocycles. The Kier molecular flexibility index (Phi) is 3.50. The molecule has 17 heavy (non-hydrogen) atoms. The standard InChI is InChI=1S/C14H21FN2/c1-11(12-6-3-4-7-13(12)15)17(2)14(10-16)8-5-9-14/h3-4,6-7,11H,5,8-10,16H2,1-2H3. The second-order valence-corrected chi connectivity index (χ2v) is 5.09. The molecule has 0 saturated heterocycles. The highest BCUT2D eigenvalue weighted by molar-refractivity contribution is 5.21. The predicted molar refractivity (Wildman–Crippen MR) is 68.2 cm³/mol. The minimum atomic E-state index is -0.127. The van der Waals surface area contributed by atoms with Crippen molar-refractivity contribution in [1.82, 2.24) is 4.90 Å². The number of halogens is 1. The van der Waals surface area contributed by atoms with Crippen LogP contribution in [0.1, 0.15) is 37.8 Å². The molecule has 3 heteroatoms. The van der Waals surface area contributed by atoms with Gasteiger partial charge in [-0.25, -0.2) is 4.39 Å². The summed E-state index contributed by atoms with van der Waals surface area (Å²) < 4.78 is 13.8. The molecule has 0 radical (unpaired) electrons. The first kappa shape index (κ1) is 12.5. The molecular formula is C14H21FN2. The zero-order valence-corrected chi connectivity index (χ0v) is 10.6. The van der Waals surface area contributed by atoms with Crippen LogP contribution < -0.4 is 5.73 Å². The third kappa shape index (κ3) is 2.09. The van der Waals surface area contributed by atoms with E-state index in [2.05, 4.69) is 11.9 Å². The summed E-state index contributed by atoms with van der Waals surface area (Å²) in [5.74, 6) is -0.127. The lowest BCUT2D eigenvalue weighted by atomic mass is 9.74. The molecule has 94 valence electrons. The lowest BCUT2D eigenvalue weighted by Crippen LogP contribution is -2.57. The summed E-state index contributed by atoms with van der Waals surface area (Å²) in [5.41, 5.74) is 6.73. The van der Waals surface area contributed by atoms with Gasteiger partial charge in [-0.05, 0) is 39.3 Å². The molecule has 2 rings (SSSR count). The van der Waals surface area contributed by atoms with E-state index in [0.29, 0.717) is 6.54 Å². The van der Waals surface area contributed by atoms with Crippen molar-refractivity contribution in [3.05, 3.63) is 35.6 Å². The number of hydrogen-bond acceptors (Lipinski definition) is 2. The monoisotopic (exact) mass is 236 g/mol. The van der Waals surface area contributed by atoms with Crippen molar-refractivity contribution in [2.24, 2.45) is 5.73 Å². The molecule has 1 aromatic carbocycles. The van der Waals surface area contributed by atoms with Crippen molar-refractivity contribution in [2.75, 3.05) is 13.6 Å². The van der Waals surface area contributed by atoms with Gasteiger partial charge in [-0.1, -0.05) is 18.2 Å². The van der Waals surface area contributed by atoms with E-state index >= 15 is 0 Å². The largest absolute Gasteiger partial charge is 0.329 e. The smallest absolute Gasteiger partial charge is 0.127 e. The van der Waals surface area contributed by atoms with Crippen molar-refractivity contribution < 1.29 is 4.39 Å². The summed E-state index contributed by atoms with van der Waals surface area (Å²) in [6, 6.07) is 7.07. The number of nitrogens with zero attached hydrogens (tertiary/aromatic N) is 1. The highest BCUT2D eigenvalue weighted by Gasteiger charge is 2.41. The molecule has 1 aromatic rings. The first-order chi connectivity index (χ1) is 8.10. The van der Waals surface area contributed by atoms with E-state index in [1.54, 1.807) is 6.07 Å². The van der Waals surface area contributed by atoms with E-state index in [0.717, 1.165) is 18.4 Å². The molecule has 1 aliphatic rings. The summed E-state index contributed by atoms with van der Waals surface area (Å²) >= 11 is 0. The summed E-state index contributed by atoms with van der Waals surface area (Å²) in [6.07, 6.45) is 3.48. The van der Waals surface area contributed by atoms with Crippen LogP contribution in [0.3, 0.4) is 0 Å². The fourth-order valence-electron chi connectivity index (χ4n) is 2.72. The van der Waals surface area contributed by atoms with Crippen LogP contribution in [-0.2, 0) is 0 Å². The van der Waals surface area contributed by atoms with Gasteiger partial charge >= 0.3 is 0 Å². The number of likely N-dealkylation sites (N-methyl/N-ethyl adjacent to an activating group) is 1. The maximum absolute atomic E-state index is 13.8. The zero-order valence-electron chi connectivity index (χ0n) is 10.6. The van der Waals surface area contributed by atoms with E-state index in [1.807, 2.05) is 19.1 Å². The maximum atomic E-state index is 13.8. The van der Waals surface area contributed by atoms with Crippen LogP contribution in [0.25, 0.3) is 0 Å². The quantitative estimate of drug-likeness (QED) is 0.871. The van der Waals surface area contributed by atoms with Gasteiger partial charge in [0.05, 0.1) is 0 Å². The van der Waals surface area contributed by atoms with E-state index in [-0.39, 0.29) is 17.4 Å². The average molecular weight is 236 g/mol. The van der Waals surface area contributed by atoms with E-state index in [1.165, 1.54) is 12.5 Å². The summed E-state index contributed by atoms with van der Waals surface area (Å²) in [5, 5.41) is 0. The van der Waals surface area contributed by atoms with E-state index in [4.69, 9.17) is 5.73 Å². The Labute approximate surface area is 103 Å². The normalized spacial score (nSPS) is 20.1. The van der Waals surface area contributed by atoms with Gasteiger partial charge in [0.25, 0.3) is 0 Å². The van der Waals surface area contributed by atoms with Gasteiger partial charge in [0.1, 0.15) is 5.82 Å². The van der Waals surface area contributed by atoms with Crippen LogP contribution in [-0.4, -0.2) is 24.0 Å². The first-order valence-corrected chi connectivity index (χ1v) is 6.28. The van der Waals surface area contributed by atoms with Crippen molar-refractivity contribution in [3.63, 3.8) is 0 Å². The molecule has 1 aliphatic carbocycles. The molecule has 0 bridgehead atoms. The third-order valence-corrected chi connectivity index (χ3v) is 4.35. The molecule has 1 saturated carbocycles. The molecule has 0 spiro atoms. The van der Waals surface area contributed by atoms with Crippen LogP contribution in [0.4, 0.5) is 4.39 Å². The number of rotatable bonds is 4. The predicted octanol–water partition coefficient (Wildman–Crippen LogP) is 2.70. The molecule has 1 unspecified atom stereocenters. The minimum absolute atomic E-state index is 0.0695. The van der Waals surface area contributed by atoms with Crippen LogP contribution in [0, 0.1) is 5.82 Å². The number of benzene rings is 1. The fourth-order valence-corrected chi connectivity index (χ4v) is 2.72. The van der Waals surface area contributed by atoms with E-state index < -0.39 is 0 Å². The van der Waals surface area contributed by atoms with Gasteiger partial charge in [-0.2, -0.15) is 0 Å². The van der Waals surface area contributed by atoms with Crippen molar-refractivity contribution in [3.8, 4) is 0 Å². The summed E-state index contributed by atoms with van der Waals surface area (Å²) in [7, 11) is 2.06. The number of nitrogens with two attached hydrogens (primary N) is 1. The van der Waals surface area contributed by atoms with Crippen molar-refractivity contribution in [1.29, 1.82) is 0 Å². The third-order valence-electron chi connectivity index (χ3n) is 4.35. The molecule has 1 fully saturated rings. The minimum Gasteiger partial charge on any atom is -0.329 e. The fraction of sp³-hybridized carbons (Fsp3) is 0.571. The van der Waals surface area contributed by atoms with E-state index in [9.17, 15) is 4.39 Å². The van der Waals surface area contributed by atoms with Gasteiger partial charge in [0, 0.05) is 23.7 Å². The van der Waals surface area contributed by atoms with Crippen LogP contribution in [0.5, 0.6) is 0 Å². The molecule has 2 nitrogen and oxygen atoms in total. The van der Waals surface area contributed by atoms with Gasteiger partial charge in [0.2, 0.25) is 0 Å². The Morgan fingerprint density at radius 2 is 2.06 bits per heavy atom. The lowest BCUT2D eigenvalue weighted by molar-refractivity contribution is 0.0153. The molecule has 0 heterocycles. The highest BCUT2D eigenvalue weighted by atomic mass is 19.1. The Balaban J connectivity index is 2.20. The van der Waals surface area contributed by atoms with Gasteiger partial charge < -0.3 is 5.73 Å². The molecule has 1 atom stereocenters. The second kappa shape index (κ2) is 4.75.